The molecule has 0 radical (unpaired) electrons. The number of sulfone groups is 1. The molecule has 1 fully saturated rings. The van der Waals surface area contributed by atoms with Gasteiger partial charge < -0.3 is 10.2 Å². The maximum atomic E-state index is 11.8. The van der Waals surface area contributed by atoms with Crippen LogP contribution in [-0.4, -0.2) is 70.8 Å². The lowest BCUT2D eigenvalue weighted by Gasteiger charge is -2.38. The van der Waals surface area contributed by atoms with Gasteiger partial charge in [-0.15, -0.1) is 0 Å². The van der Waals surface area contributed by atoms with Gasteiger partial charge in [0.1, 0.15) is 0 Å². The molecule has 0 saturated carbocycles. The fraction of sp³-hybridized carbons (Fsp3) is 0.571. The Kier molecular flexibility index (Phi) is 4.67. The third kappa shape index (κ3) is 3.71. The van der Waals surface area contributed by atoms with E-state index in [0.717, 1.165) is 26.2 Å². The van der Waals surface area contributed by atoms with Gasteiger partial charge in [0.05, 0.1) is 10.6 Å². The minimum absolute atomic E-state index is 0.367. The molecule has 1 aromatic carbocycles. The van der Waals surface area contributed by atoms with Gasteiger partial charge >= 0.3 is 0 Å². The fourth-order valence-corrected chi connectivity index (χ4v) is 3.35. The molecule has 0 aliphatic carbocycles. The van der Waals surface area contributed by atoms with Crippen LogP contribution in [0.2, 0.25) is 0 Å². The molecule has 1 atom stereocenters. The molecule has 1 saturated heterocycles. The average Bonchev–Trinajstić information content (AvgIpc) is 2.39. The van der Waals surface area contributed by atoms with E-state index in [1.165, 1.54) is 6.26 Å². The van der Waals surface area contributed by atoms with Crippen molar-refractivity contribution < 1.29 is 8.42 Å². The van der Waals surface area contributed by atoms with Crippen molar-refractivity contribution in [2.75, 3.05) is 51.8 Å². The molecule has 1 N–H and O–H groups in total. The summed E-state index contributed by atoms with van der Waals surface area (Å²) in [5, 5.41) is 3.29. The summed E-state index contributed by atoms with van der Waals surface area (Å²) < 4.78 is 23.5. The van der Waals surface area contributed by atoms with Gasteiger partial charge in [-0.3, -0.25) is 4.90 Å². The zero-order chi connectivity index (χ0) is 14.8. The second kappa shape index (κ2) is 6.11. The molecule has 1 heterocycles. The Labute approximate surface area is 121 Å². The second-order valence-corrected chi connectivity index (χ2v) is 7.53. The lowest BCUT2D eigenvalue weighted by molar-refractivity contribution is 0.122. The van der Waals surface area contributed by atoms with E-state index in [1.807, 2.05) is 12.1 Å². The zero-order valence-corrected chi connectivity index (χ0v) is 13.2. The molecule has 0 aromatic heterocycles. The first-order valence-corrected chi connectivity index (χ1v) is 8.69. The Morgan fingerprint density at radius 1 is 1.25 bits per heavy atom. The zero-order valence-electron chi connectivity index (χ0n) is 12.3. The molecular formula is C14H23N3O2S. The molecule has 20 heavy (non-hydrogen) atoms. The summed E-state index contributed by atoms with van der Waals surface area (Å²) in [6.07, 6.45) is 1.24. The topological polar surface area (TPSA) is 52.6 Å². The maximum Gasteiger partial charge on any atom is 0.177 e. The van der Waals surface area contributed by atoms with Gasteiger partial charge in [0.2, 0.25) is 0 Å². The molecule has 0 bridgehead atoms. The van der Waals surface area contributed by atoms with Crippen LogP contribution in [0.5, 0.6) is 0 Å². The van der Waals surface area contributed by atoms with Gasteiger partial charge in [0.25, 0.3) is 0 Å². The van der Waals surface area contributed by atoms with Gasteiger partial charge in [-0.2, -0.15) is 0 Å². The van der Waals surface area contributed by atoms with Crippen LogP contribution < -0.4 is 5.32 Å². The number of hydrogen-bond acceptors (Lipinski definition) is 5. The molecule has 0 amide bonds. The highest BCUT2D eigenvalue weighted by Gasteiger charge is 2.22. The molecule has 1 aromatic rings. The summed E-state index contributed by atoms with van der Waals surface area (Å²) in [7, 11) is 1.03. The van der Waals surface area contributed by atoms with Crippen LogP contribution in [0, 0.1) is 0 Å². The Balaban J connectivity index is 2.08. The summed E-state index contributed by atoms with van der Waals surface area (Å²) in [6, 6.07) is 7.47. The number of anilines is 1. The summed E-state index contributed by atoms with van der Waals surface area (Å²) in [4.78, 5) is 4.98. The SMILES string of the molecule is CN1CCN(C)C(CNc2ccccc2S(C)(=O)=O)C1. The van der Waals surface area contributed by atoms with Crippen LogP contribution in [0.25, 0.3) is 0 Å². The maximum absolute atomic E-state index is 11.8. The number of para-hydroxylation sites is 1. The summed E-state index contributed by atoms with van der Waals surface area (Å²) in [5.74, 6) is 0. The normalized spacial score (nSPS) is 21.9. The standard InChI is InChI=1S/C14H23N3O2S/c1-16-8-9-17(2)12(11-16)10-15-13-6-4-5-7-14(13)20(3,18)19/h4-7,12,15H,8-11H2,1-3H3. The highest BCUT2D eigenvalue weighted by Crippen LogP contribution is 2.21. The number of nitrogens with one attached hydrogen (secondary N) is 1. The van der Waals surface area contributed by atoms with E-state index >= 15 is 0 Å². The van der Waals surface area contributed by atoms with E-state index in [4.69, 9.17) is 0 Å². The van der Waals surface area contributed by atoms with Crippen molar-refractivity contribution in [1.29, 1.82) is 0 Å². The van der Waals surface area contributed by atoms with E-state index < -0.39 is 9.84 Å². The fourth-order valence-electron chi connectivity index (χ4n) is 2.49. The summed E-state index contributed by atoms with van der Waals surface area (Å²) in [6.45, 7) is 3.85. The minimum atomic E-state index is -3.20. The molecule has 2 rings (SSSR count). The van der Waals surface area contributed by atoms with Gasteiger partial charge in [-0.25, -0.2) is 8.42 Å². The van der Waals surface area contributed by atoms with E-state index in [2.05, 4.69) is 29.2 Å². The van der Waals surface area contributed by atoms with E-state index in [9.17, 15) is 8.42 Å². The van der Waals surface area contributed by atoms with Gasteiger partial charge in [-0.1, -0.05) is 12.1 Å². The van der Waals surface area contributed by atoms with Crippen molar-refractivity contribution in [3.63, 3.8) is 0 Å². The van der Waals surface area contributed by atoms with Gasteiger partial charge in [0, 0.05) is 38.5 Å². The van der Waals surface area contributed by atoms with Crippen LogP contribution in [0.4, 0.5) is 5.69 Å². The predicted octanol–water partition coefficient (Wildman–Crippen LogP) is 0.748. The highest BCUT2D eigenvalue weighted by molar-refractivity contribution is 7.90. The van der Waals surface area contributed by atoms with Crippen LogP contribution in [-0.2, 0) is 9.84 Å². The van der Waals surface area contributed by atoms with Crippen LogP contribution >= 0.6 is 0 Å². The summed E-state index contributed by atoms with van der Waals surface area (Å²) >= 11 is 0. The third-order valence-corrected chi connectivity index (χ3v) is 4.95. The van der Waals surface area contributed by atoms with Crippen molar-refractivity contribution in [2.24, 2.45) is 0 Å². The molecule has 1 aliphatic heterocycles. The summed E-state index contributed by atoms with van der Waals surface area (Å²) in [5.41, 5.74) is 0.691. The minimum Gasteiger partial charge on any atom is -0.382 e. The Morgan fingerprint density at radius 2 is 1.95 bits per heavy atom. The van der Waals surface area contributed by atoms with Crippen LogP contribution in [0.15, 0.2) is 29.2 Å². The highest BCUT2D eigenvalue weighted by atomic mass is 32.2. The Hall–Kier alpha value is -1.11. The van der Waals surface area contributed by atoms with E-state index in [0.29, 0.717) is 16.6 Å². The Bertz CT molecular complexity index is 559. The van der Waals surface area contributed by atoms with Gasteiger partial charge in [0.15, 0.2) is 9.84 Å². The Morgan fingerprint density at radius 3 is 2.65 bits per heavy atom. The first-order valence-electron chi connectivity index (χ1n) is 6.79. The van der Waals surface area contributed by atoms with Crippen molar-refractivity contribution in [1.82, 2.24) is 9.80 Å². The van der Waals surface area contributed by atoms with Crippen LogP contribution in [0.1, 0.15) is 0 Å². The number of rotatable bonds is 4. The molecule has 1 aliphatic rings. The lowest BCUT2D eigenvalue weighted by atomic mass is 10.2. The first kappa shape index (κ1) is 15.3. The van der Waals surface area contributed by atoms with E-state index in [1.54, 1.807) is 12.1 Å². The van der Waals surface area contributed by atoms with E-state index in [-0.39, 0.29) is 0 Å². The van der Waals surface area contributed by atoms with Crippen molar-refractivity contribution in [3.05, 3.63) is 24.3 Å². The largest absolute Gasteiger partial charge is 0.382 e. The molecule has 0 spiro atoms. The number of benzene rings is 1. The number of piperazine rings is 1. The smallest absolute Gasteiger partial charge is 0.177 e. The monoisotopic (exact) mass is 297 g/mol. The first-order chi connectivity index (χ1) is 9.38. The number of hydrogen-bond donors (Lipinski definition) is 1. The quantitative estimate of drug-likeness (QED) is 0.889. The number of likely N-dealkylation sites (N-methyl/N-ethyl adjacent to an activating group) is 2. The molecule has 6 heteroatoms. The average molecular weight is 297 g/mol. The van der Waals surface area contributed by atoms with Gasteiger partial charge in [-0.05, 0) is 26.2 Å². The molecule has 1 unspecified atom stereocenters. The molecular weight excluding hydrogens is 274 g/mol. The number of nitrogens with zero attached hydrogens (tertiary/aromatic N) is 2. The third-order valence-electron chi connectivity index (χ3n) is 3.79. The van der Waals surface area contributed by atoms with Crippen LogP contribution in [0.3, 0.4) is 0 Å². The van der Waals surface area contributed by atoms with Crippen molar-refractivity contribution in [2.45, 2.75) is 10.9 Å². The second-order valence-electron chi connectivity index (χ2n) is 5.55. The lowest BCUT2D eigenvalue weighted by Crippen LogP contribution is -2.52. The van der Waals surface area contributed by atoms with Crippen molar-refractivity contribution in [3.8, 4) is 0 Å². The predicted molar refractivity (Wildman–Crippen MR) is 82.0 cm³/mol. The molecule has 5 nitrogen and oxygen atoms in total. The van der Waals surface area contributed by atoms with Crippen molar-refractivity contribution >= 4 is 15.5 Å². The molecule has 112 valence electrons.